The molecular weight excluding hydrogens is 242 g/mol. The minimum atomic E-state index is -0.884. The number of aromatic amines is 1. The summed E-state index contributed by atoms with van der Waals surface area (Å²) in [6, 6.07) is 0. The molecule has 18 heavy (non-hydrogen) atoms. The first kappa shape index (κ1) is 13.8. The fourth-order valence-corrected chi connectivity index (χ4v) is 1.36. The highest BCUT2D eigenvalue weighted by atomic mass is 16.3. The monoisotopic (exact) mass is 255 g/mol. The van der Waals surface area contributed by atoms with Gasteiger partial charge in [0, 0.05) is 13.0 Å². The predicted octanol–water partition coefficient (Wildman–Crippen LogP) is -2.16. The predicted molar refractivity (Wildman–Crippen MR) is 62.5 cm³/mol. The summed E-state index contributed by atoms with van der Waals surface area (Å²) in [6.45, 7) is 2.49. The van der Waals surface area contributed by atoms with E-state index in [2.05, 4.69) is 6.58 Å². The van der Waals surface area contributed by atoms with Crippen molar-refractivity contribution in [2.45, 2.75) is 19.5 Å². The molecular formula is C10H13N3O5. The molecule has 0 aliphatic carbocycles. The van der Waals surface area contributed by atoms with Crippen molar-refractivity contribution in [1.82, 2.24) is 14.1 Å². The lowest BCUT2D eigenvalue weighted by molar-refractivity contribution is -0.114. The maximum Gasteiger partial charge on any atom is 0.336 e. The highest BCUT2D eigenvalue weighted by Crippen LogP contribution is 1.85. The van der Waals surface area contributed by atoms with Crippen LogP contribution in [0.1, 0.15) is 6.42 Å². The molecule has 0 aliphatic heterocycles. The van der Waals surface area contributed by atoms with Crippen molar-refractivity contribution in [3.63, 3.8) is 0 Å². The van der Waals surface area contributed by atoms with Crippen LogP contribution in [0, 0.1) is 0 Å². The lowest BCUT2D eigenvalue weighted by atomic mass is 10.3. The number of hydrogen-bond donors (Lipinski definition) is 2. The van der Waals surface area contributed by atoms with Crippen molar-refractivity contribution >= 4 is 5.78 Å². The van der Waals surface area contributed by atoms with Gasteiger partial charge in [0.05, 0.1) is 13.2 Å². The summed E-state index contributed by atoms with van der Waals surface area (Å²) < 4.78 is 1.43. The van der Waals surface area contributed by atoms with Crippen molar-refractivity contribution < 1.29 is 9.90 Å². The largest absolute Gasteiger partial charge is 0.395 e. The summed E-state index contributed by atoms with van der Waals surface area (Å²) in [5.74, 6) is -0.318. The summed E-state index contributed by atoms with van der Waals surface area (Å²) in [6.07, 6.45) is 1.02. The van der Waals surface area contributed by atoms with Gasteiger partial charge in [-0.25, -0.2) is 23.5 Å². The van der Waals surface area contributed by atoms with Gasteiger partial charge in [-0.3, -0.25) is 9.78 Å². The van der Waals surface area contributed by atoms with E-state index in [0.29, 0.717) is 4.57 Å². The van der Waals surface area contributed by atoms with Crippen LogP contribution in [0.3, 0.4) is 0 Å². The molecule has 0 saturated carbocycles. The van der Waals surface area contributed by atoms with E-state index in [1.807, 2.05) is 4.98 Å². The molecule has 0 spiro atoms. The Hall–Kier alpha value is -2.22. The SMILES string of the molecule is C=CC(=O)CCn1c(=O)[nH]c(=O)n(CCO)c1=O. The second kappa shape index (κ2) is 5.92. The molecule has 0 amide bonds. The number of aromatic nitrogens is 3. The number of ketones is 1. The van der Waals surface area contributed by atoms with Gasteiger partial charge in [-0.05, 0) is 6.08 Å². The molecule has 0 bridgehead atoms. The lowest BCUT2D eigenvalue weighted by Crippen LogP contribution is -2.50. The van der Waals surface area contributed by atoms with Crippen LogP contribution >= 0.6 is 0 Å². The second-order valence-electron chi connectivity index (χ2n) is 3.47. The number of aliphatic hydroxyl groups excluding tert-OH is 1. The van der Waals surface area contributed by atoms with Crippen LogP contribution in [0.4, 0.5) is 0 Å². The maximum absolute atomic E-state index is 11.8. The van der Waals surface area contributed by atoms with Crippen molar-refractivity contribution in [3.8, 4) is 0 Å². The van der Waals surface area contributed by atoms with Gasteiger partial charge in [0.1, 0.15) is 0 Å². The van der Waals surface area contributed by atoms with Crippen LogP contribution in [-0.4, -0.2) is 31.6 Å². The van der Waals surface area contributed by atoms with Gasteiger partial charge in [-0.2, -0.15) is 0 Å². The van der Waals surface area contributed by atoms with E-state index in [1.165, 1.54) is 0 Å². The van der Waals surface area contributed by atoms with Crippen LogP contribution < -0.4 is 17.1 Å². The Morgan fingerprint density at radius 1 is 1.22 bits per heavy atom. The molecule has 1 heterocycles. The van der Waals surface area contributed by atoms with Crippen molar-refractivity contribution in [2.24, 2.45) is 0 Å². The van der Waals surface area contributed by atoms with Gasteiger partial charge in [0.2, 0.25) is 0 Å². The van der Waals surface area contributed by atoms with Gasteiger partial charge in [0.25, 0.3) is 0 Å². The van der Waals surface area contributed by atoms with Crippen LogP contribution in [0.2, 0.25) is 0 Å². The first-order chi connectivity index (χ1) is 8.51. The topological polar surface area (TPSA) is 114 Å². The normalized spacial score (nSPS) is 10.3. The molecule has 1 aromatic rings. The summed E-state index contributed by atoms with van der Waals surface area (Å²) in [7, 11) is 0. The molecule has 0 atom stereocenters. The minimum Gasteiger partial charge on any atom is -0.395 e. The quantitative estimate of drug-likeness (QED) is 0.562. The van der Waals surface area contributed by atoms with E-state index in [-0.39, 0.29) is 25.3 Å². The third-order valence-electron chi connectivity index (χ3n) is 2.30. The zero-order chi connectivity index (χ0) is 13.7. The molecule has 0 aromatic carbocycles. The Labute approximate surface area is 101 Å². The second-order valence-corrected chi connectivity index (χ2v) is 3.47. The van der Waals surface area contributed by atoms with E-state index in [9.17, 15) is 19.2 Å². The average molecular weight is 255 g/mol. The zero-order valence-corrected chi connectivity index (χ0v) is 9.59. The van der Waals surface area contributed by atoms with E-state index in [0.717, 1.165) is 10.6 Å². The summed E-state index contributed by atoms with van der Waals surface area (Å²) in [4.78, 5) is 47.4. The molecule has 1 aromatic heterocycles. The number of hydrogen-bond acceptors (Lipinski definition) is 5. The number of carbonyl (C=O) groups is 1. The van der Waals surface area contributed by atoms with Crippen LogP contribution in [0.5, 0.6) is 0 Å². The Balaban J connectivity index is 3.20. The Morgan fingerprint density at radius 2 is 1.78 bits per heavy atom. The zero-order valence-electron chi connectivity index (χ0n) is 9.59. The van der Waals surface area contributed by atoms with Gasteiger partial charge in [0.15, 0.2) is 5.78 Å². The Morgan fingerprint density at radius 3 is 2.28 bits per heavy atom. The standard InChI is InChI=1S/C10H13N3O5/c1-2-7(15)3-4-12-8(16)11-9(17)13(5-6-14)10(12)18/h2,14H,1,3-6H2,(H,11,16,17). The molecule has 2 N–H and O–H groups in total. The van der Waals surface area contributed by atoms with E-state index < -0.39 is 23.7 Å². The smallest absolute Gasteiger partial charge is 0.336 e. The lowest BCUT2D eigenvalue weighted by Gasteiger charge is -2.06. The van der Waals surface area contributed by atoms with Gasteiger partial charge >= 0.3 is 17.1 Å². The molecule has 0 unspecified atom stereocenters. The van der Waals surface area contributed by atoms with Gasteiger partial charge in [-0.1, -0.05) is 6.58 Å². The molecule has 1 rings (SSSR count). The first-order valence-corrected chi connectivity index (χ1v) is 5.21. The molecule has 0 saturated heterocycles. The summed E-state index contributed by atoms with van der Waals surface area (Å²) in [5.41, 5.74) is -2.61. The van der Waals surface area contributed by atoms with Crippen LogP contribution in [-0.2, 0) is 17.9 Å². The molecule has 98 valence electrons. The van der Waals surface area contributed by atoms with Gasteiger partial charge in [-0.15, -0.1) is 0 Å². The minimum absolute atomic E-state index is 0.0657. The van der Waals surface area contributed by atoms with Gasteiger partial charge < -0.3 is 5.11 Å². The molecule has 8 nitrogen and oxygen atoms in total. The molecule has 0 fully saturated rings. The molecule has 0 radical (unpaired) electrons. The number of allylic oxidation sites excluding steroid dienone is 1. The Kier molecular flexibility index (Phi) is 4.55. The van der Waals surface area contributed by atoms with Crippen molar-refractivity contribution in [3.05, 3.63) is 44.1 Å². The fraction of sp³-hybridized carbons (Fsp3) is 0.400. The number of aliphatic hydroxyl groups is 1. The van der Waals surface area contributed by atoms with Crippen LogP contribution in [0.15, 0.2) is 27.0 Å². The summed E-state index contributed by atoms with van der Waals surface area (Å²) >= 11 is 0. The number of carbonyl (C=O) groups excluding carboxylic acids is 1. The summed E-state index contributed by atoms with van der Waals surface area (Å²) in [5, 5.41) is 8.72. The molecule has 0 aliphatic rings. The van der Waals surface area contributed by atoms with Crippen molar-refractivity contribution in [2.75, 3.05) is 6.61 Å². The third-order valence-corrected chi connectivity index (χ3v) is 2.30. The van der Waals surface area contributed by atoms with E-state index >= 15 is 0 Å². The fourth-order valence-electron chi connectivity index (χ4n) is 1.36. The highest BCUT2D eigenvalue weighted by Gasteiger charge is 2.09. The number of nitrogens with one attached hydrogen (secondary N) is 1. The number of rotatable bonds is 6. The van der Waals surface area contributed by atoms with Crippen molar-refractivity contribution in [1.29, 1.82) is 0 Å². The molecule has 8 heteroatoms. The average Bonchev–Trinajstić information content (AvgIpc) is 2.33. The Bertz CT molecular complexity index is 622. The number of nitrogens with zero attached hydrogens (tertiary/aromatic N) is 2. The highest BCUT2D eigenvalue weighted by molar-refractivity contribution is 5.88. The third kappa shape index (κ3) is 2.92. The van der Waals surface area contributed by atoms with Crippen LogP contribution in [0.25, 0.3) is 0 Å². The number of H-pyrrole nitrogens is 1. The maximum atomic E-state index is 11.8. The first-order valence-electron chi connectivity index (χ1n) is 5.21. The van der Waals surface area contributed by atoms with E-state index in [4.69, 9.17) is 5.11 Å². The van der Waals surface area contributed by atoms with E-state index in [1.54, 1.807) is 0 Å².